The summed E-state index contributed by atoms with van der Waals surface area (Å²) in [6, 6.07) is 0. The fraction of sp³-hybridized carbons (Fsp3) is 0.857. The Balaban J connectivity index is 2.40. The van der Waals surface area contributed by atoms with E-state index in [9.17, 15) is 9.59 Å². The number of carbonyl (C=O) groups is 2. The fourth-order valence-corrected chi connectivity index (χ4v) is 3.24. The predicted molar refractivity (Wildman–Crippen MR) is 70.0 cm³/mol. The van der Waals surface area contributed by atoms with Gasteiger partial charge in [0.15, 0.2) is 0 Å². The van der Waals surface area contributed by atoms with Crippen LogP contribution in [0.2, 0.25) is 0 Å². The molecule has 4 heteroatoms. The van der Waals surface area contributed by atoms with Crippen LogP contribution in [0.15, 0.2) is 0 Å². The molecule has 1 saturated heterocycles. The van der Waals surface area contributed by atoms with E-state index in [0.29, 0.717) is 25.3 Å². The number of rotatable bonds is 4. The van der Waals surface area contributed by atoms with E-state index in [0.717, 1.165) is 12.8 Å². The summed E-state index contributed by atoms with van der Waals surface area (Å²) in [5, 5.41) is 3.03. The zero-order chi connectivity index (χ0) is 13.6. The first kappa shape index (κ1) is 13.4. The van der Waals surface area contributed by atoms with Gasteiger partial charge in [0.1, 0.15) is 11.1 Å². The van der Waals surface area contributed by atoms with Crippen molar-refractivity contribution in [1.29, 1.82) is 0 Å². The number of piperazine rings is 1. The summed E-state index contributed by atoms with van der Waals surface area (Å²) >= 11 is 0. The lowest BCUT2D eigenvalue weighted by Crippen LogP contribution is -2.75. The summed E-state index contributed by atoms with van der Waals surface area (Å²) in [6.07, 6.45) is 3.43. The van der Waals surface area contributed by atoms with Crippen molar-refractivity contribution in [1.82, 2.24) is 10.2 Å². The Morgan fingerprint density at radius 1 is 1.22 bits per heavy atom. The summed E-state index contributed by atoms with van der Waals surface area (Å²) in [7, 11) is 0. The molecule has 2 amide bonds. The highest BCUT2D eigenvalue weighted by Crippen LogP contribution is 2.46. The third kappa shape index (κ3) is 1.57. The molecule has 1 unspecified atom stereocenters. The van der Waals surface area contributed by atoms with Crippen LogP contribution in [0.5, 0.6) is 0 Å². The monoisotopic (exact) mass is 252 g/mol. The molecule has 0 bridgehead atoms. The van der Waals surface area contributed by atoms with Crippen LogP contribution in [-0.4, -0.2) is 34.3 Å². The molecule has 1 N–H and O–H groups in total. The predicted octanol–water partition coefficient (Wildman–Crippen LogP) is 1.69. The van der Waals surface area contributed by atoms with Gasteiger partial charge in [0.2, 0.25) is 11.8 Å². The SMILES string of the molecule is CCN1C(=O)C(CC)(CC)NC(=O)C1(C)C1CC1. The van der Waals surface area contributed by atoms with Gasteiger partial charge in [-0.15, -0.1) is 0 Å². The molecular formula is C14H24N2O2. The molecule has 0 spiro atoms. The van der Waals surface area contributed by atoms with Crippen molar-refractivity contribution in [2.45, 2.75) is 64.5 Å². The molecule has 0 aromatic rings. The minimum Gasteiger partial charge on any atom is -0.340 e. The summed E-state index contributed by atoms with van der Waals surface area (Å²) in [6.45, 7) is 8.44. The average molecular weight is 252 g/mol. The lowest BCUT2D eigenvalue weighted by Gasteiger charge is -2.51. The van der Waals surface area contributed by atoms with Crippen LogP contribution in [-0.2, 0) is 9.59 Å². The van der Waals surface area contributed by atoms with Gasteiger partial charge in [-0.2, -0.15) is 0 Å². The molecule has 1 atom stereocenters. The first-order valence-corrected chi connectivity index (χ1v) is 7.11. The van der Waals surface area contributed by atoms with E-state index in [1.54, 1.807) is 0 Å². The Bertz CT molecular complexity index is 372. The van der Waals surface area contributed by atoms with E-state index in [4.69, 9.17) is 0 Å². The third-order valence-corrected chi connectivity index (χ3v) is 4.92. The minimum atomic E-state index is -0.679. The largest absolute Gasteiger partial charge is 0.340 e. The highest BCUT2D eigenvalue weighted by molar-refractivity contribution is 6.02. The lowest BCUT2D eigenvalue weighted by molar-refractivity contribution is -0.164. The molecule has 2 fully saturated rings. The standard InChI is InChI=1S/C14H24N2O2/c1-5-14(6-2)12(18)16(7-3)13(4,10-8-9-10)11(17)15-14/h10H,5-9H2,1-4H3,(H,15,17). The van der Waals surface area contributed by atoms with Gasteiger partial charge in [-0.1, -0.05) is 13.8 Å². The van der Waals surface area contributed by atoms with Crippen molar-refractivity contribution in [2.24, 2.45) is 5.92 Å². The van der Waals surface area contributed by atoms with Gasteiger partial charge in [0.05, 0.1) is 0 Å². The molecule has 1 saturated carbocycles. The van der Waals surface area contributed by atoms with Crippen molar-refractivity contribution in [2.75, 3.05) is 6.54 Å². The topological polar surface area (TPSA) is 49.4 Å². The van der Waals surface area contributed by atoms with E-state index in [1.165, 1.54) is 0 Å². The van der Waals surface area contributed by atoms with Crippen molar-refractivity contribution in [3.05, 3.63) is 0 Å². The molecule has 1 aliphatic heterocycles. The van der Waals surface area contributed by atoms with Crippen molar-refractivity contribution < 1.29 is 9.59 Å². The molecule has 2 aliphatic rings. The second-order valence-electron chi connectivity index (χ2n) is 5.71. The minimum absolute atomic E-state index is 0.0372. The molecule has 2 rings (SSSR count). The fourth-order valence-electron chi connectivity index (χ4n) is 3.24. The second kappa shape index (κ2) is 4.25. The van der Waals surface area contributed by atoms with Crippen molar-refractivity contribution in [3.8, 4) is 0 Å². The normalized spacial score (nSPS) is 31.4. The van der Waals surface area contributed by atoms with E-state index < -0.39 is 11.1 Å². The molecule has 4 nitrogen and oxygen atoms in total. The molecule has 1 heterocycles. The van der Waals surface area contributed by atoms with Crippen LogP contribution >= 0.6 is 0 Å². The van der Waals surface area contributed by atoms with Gasteiger partial charge in [-0.25, -0.2) is 0 Å². The number of hydrogen-bond donors (Lipinski definition) is 1. The number of nitrogens with one attached hydrogen (secondary N) is 1. The Morgan fingerprint density at radius 2 is 1.78 bits per heavy atom. The number of likely N-dealkylation sites (N-methyl/N-ethyl adjacent to an activating group) is 1. The first-order valence-electron chi connectivity index (χ1n) is 7.11. The van der Waals surface area contributed by atoms with Crippen molar-refractivity contribution in [3.63, 3.8) is 0 Å². The summed E-state index contributed by atoms with van der Waals surface area (Å²) < 4.78 is 0. The smallest absolute Gasteiger partial charge is 0.249 e. The Kier molecular flexibility index (Phi) is 3.16. The van der Waals surface area contributed by atoms with Crippen LogP contribution in [0.25, 0.3) is 0 Å². The Labute approximate surface area is 109 Å². The van der Waals surface area contributed by atoms with Crippen LogP contribution in [0.1, 0.15) is 53.4 Å². The van der Waals surface area contributed by atoms with Gasteiger partial charge >= 0.3 is 0 Å². The van der Waals surface area contributed by atoms with Gasteiger partial charge in [-0.05, 0) is 45.4 Å². The highest BCUT2D eigenvalue weighted by atomic mass is 16.2. The maximum absolute atomic E-state index is 12.7. The van der Waals surface area contributed by atoms with Gasteiger partial charge in [0, 0.05) is 6.54 Å². The first-order chi connectivity index (χ1) is 8.46. The summed E-state index contributed by atoms with van der Waals surface area (Å²) in [4.78, 5) is 27.1. The Hall–Kier alpha value is -1.06. The molecule has 18 heavy (non-hydrogen) atoms. The third-order valence-electron chi connectivity index (χ3n) is 4.92. The van der Waals surface area contributed by atoms with Crippen LogP contribution in [0.4, 0.5) is 0 Å². The highest BCUT2D eigenvalue weighted by Gasteiger charge is 2.59. The maximum Gasteiger partial charge on any atom is 0.249 e. The van der Waals surface area contributed by atoms with Gasteiger partial charge in [0.25, 0.3) is 0 Å². The quantitative estimate of drug-likeness (QED) is 0.827. The number of carbonyl (C=O) groups excluding carboxylic acids is 2. The van der Waals surface area contributed by atoms with Crippen LogP contribution in [0.3, 0.4) is 0 Å². The van der Waals surface area contributed by atoms with E-state index in [2.05, 4.69) is 5.32 Å². The van der Waals surface area contributed by atoms with Crippen LogP contribution in [0, 0.1) is 5.92 Å². The molecule has 102 valence electrons. The number of hydrogen-bond acceptors (Lipinski definition) is 2. The molecular weight excluding hydrogens is 228 g/mol. The zero-order valence-electron chi connectivity index (χ0n) is 11.9. The van der Waals surface area contributed by atoms with Gasteiger partial charge in [-0.3, -0.25) is 9.59 Å². The molecule has 0 radical (unpaired) electrons. The Morgan fingerprint density at radius 3 is 2.17 bits per heavy atom. The van der Waals surface area contributed by atoms with E-state index >= 15 is 0 Å². The molecule has 0 aromatic carbocycles. The van der Waals surface area contributed by atoms with Gasteiger partial charge < -0.3 is 10.2 Å². The maximum atomic E-state index is 12.7. The number of nitrogens with zero attached hydrogens (tertiary/aromatic N) is 1. The van der Waals surface area contributed by atoms with E-state index in [1.807, 2.05) is 32.6 Å². The summed E-state index contributed by atoms with van der Waals surface area (Å²) in [5.41, 5.74) is -1.30. The number of amides is 2. The lowest BCUT2D eigenvalue weighted by atomic mass is 9.80. The van der Waals surface area contributed by atoms with Crippen LogP contribution < -0.4 is 5.32 Å². The van der Waals surface area contributed by atoms with Crippen molar-refractivity contribution >= 4 is 11.8 Å². The summed E-state index contributed by atoms with van der Waals surface area (Å²) in [5.74, 6) is 0.479. The van der Waals surface area contributed by atoms with E-state index in [-0.39, 0.29) is 11.8 Å². The average Bonchev–Trinajstić information content (AvgIpc) is 3.19. The second-order valence-corrected chi connectivity index (χ2v) is 5.71. The molecule has 0 aromatic heterocycles. The molecule has 1 aliphatic carbocycles. The zero-order valence-corrected chi connectivity index (χ0v) is 11.9.